The summed E-state index contributed by atoms with van der Waals surface area (Å²) in [6, 6.07) is 0. The lowest BCUT2D eigenvalue weighted by atomic mass is 10.1. The van der Waals surface area contributed by atoms with Crippen LogP contribution in [0, 0.1) is 0 Å². The van der Waals surface area contributed by atoms with Gasteiger partial charge in [0.25, 0.3) is 0 Å². The number of hydrogen-bond donors (Lipinski definition) is 4. The van der Waals surface area contributed by atoms with Crippen LogP contribution < -0.4 is 0 Å². The molecule has 18 heavy (non-hydrogen) atoms. The number of rotatable bonds is 2. The van der Waals surface area contributed by atoms with Crippen molar-refractivity contribution in [3.63, 3.8) is 0 Å². The van der Waals surface area contributed by atoms with Crippen LogP contribution in [-0.4, -0.2) is 65.6 Å². The van der Waals surface area contributed by atoms with Gasteiger partial charge in [0.2, 0.25) is 5.65 Å². The zero-order valence-corrected chi connectivity index (χ0v) is 9.13. The molecule has 0 spiro atoms. The average Bonchev–Trinajstić information content (AvgIpc) is 2.96. The Kier molecular flexibility index (Phi) is 2.67. The first-order valence-corrected chi connectivity index (χ1v) is 5.37. The van der Waals surface area contributed by atoms with E-state index in [1.165, 1.54) is 6.33 Å². The molecule has 96 valence electrons. The molecule has 4 atom stereocenters. The molecule has 0 radical (unpaired) electrons. The van der Waals surface area contributed by atoms with Crippen molar-refractivity contribution in [3.8, 4) is 0 Å². The summed E-state index contributed by atoms with van der Waals surface area (Å²) < 4.78 is 5.37. The first-order chi connectivity index (χ1) is 8.72. The summed E-state index contributed by atoms with van der Waals surface area (Å²) in [5.74, 6) is 0. The van der Waals surface area contributed by atoms with E-state index in [2.05, 4.69) is 25.4 Å². The van der Waals surface area contributed by atoms with Gasteiger partial charge in [-0.25, -0.2) is 4.98 Å². The van der Waals surface area contributed by atoms with Crippen molar-refractivity contribution in [1.82, 2.24) is 25.4 Å². The van der Waals surface area contributed by atoms with Gasteiger partial charge < -0.3 is 25.0 Å². The smallest absolute Gasteiger partial charge is 0.203 e. The Hall–Kier alpha value is -1.68. The number of imidazole rings is 1. The minimum atomic E-state index is -1.19. The van der Waals surface area contributed by atoms with Crippen LogP contribution >= 0.6 is 0 Å². The number of ether oxygens (including phenoxy) is 1. The Morgan fingerprint density at radius 1 is 1.28 bits per heavy atom. The number of H-pyrrole nitrogens is 1. The summed E-state index contributed by atoms with van der Waals surface area (Å²) in [4.78, 5) is 6.74. The fourth-order valence-electron chi connectivity index (χ4n) is 2.04. The summed E-state index contributed by atoms with van der Waals surface area (Å²) in [5.41, 5.74) is 1.14. The van der Waals surface area contributed by atoms with E-state index in [9.17, 15) is 10.2 Å². The highest BCUT2D eigenvalue weighted by molar-refractivity contribution is 5.72. The molecule has 0 amide bonds. The van der Waals surface area contributed by atoms with Crippen molar-refractivity contribution in [2.24, 2.45) is 0 Å². The lowest BCUT2D eigenvalue weighted by Crippen LogP contribution is -2.32. The third-order valence-corrected chi connectivity index (χ3v) is 2.98. The van der Waals surface area contributed by atoms with Crippen molar-refractivity contribution >= 4 is 11.2 Å². The van der Waals surface area contributed by atoms with Crippen molar-refractivity contribution in [2.75, 3.05) is 6.61 Å². The molecule has 2 aromatic rings. The fraction of sp³-hybridized carbons (Fsp3) is 0.556. The summed E-state index contributed by atoms with van der Waals surface area (Å²) in [6.07, 6.45) is -2.67. The molecule has 9 heteroatoms. The number of aliphatic hydroxyl groups excluding tert-OH is 3. The molecule has 3 rings (SSSR count). The number of nitrogens with one attached hydrogen (secondary N) is 1. The number of nitrogens with zero attached hydrogens (tertiary/aromatic N) is 4. The van der Waals surface area contributed by atoms with E-state index in [0.29, 0.717) is 16.9 Å². The first kappa shape index (κ1) is 11.4. The second-order valence-electron chi connectivity index (χ2n) is 4.03. The van der Waals surface area contributed by atoms with Crippen LogP contribution in [0.5, 0.6) is 0 Å². The lowest BCUT2D eigenvalue weighted by molar-refractivity contribution is -0.0238. The fourth-order valence-corrected chi connectivity index (χ4v) is 2.04. The Morgan fingerprint density at radius 2 is 2.11 bits per heavy atom. The number of aromatic nitrogens is 5. The molecule has 1 saturated heterocycles. The molecule has 1 unspecified atom stereocenters. The lowest BCUT2D eigenvalue weighted by Gasteiger charge is -2.13. The van der Waals surface area contributed by atoms with E-state index in [-0.39, 0.29) is 6.61 Å². The third kappa shape index (κ3) is 1.56. The summed E-state index contributed by atoms with van der Waals surface area (Å²) in [6.45, 7) is -0.390. The molecule has 3 heterocycles. The van der Waals surface area contributed by atoms with Gasteiger partial charge >= 0.3 is 0 Å². The highest BCUT2D eigenvalue weighted by atomic mass is 16.6. The Balaban J connectivity index is 2.02. The van der Waals surface area contributed by atoms with Crippen molar-refractivity contribution < 1.29 is 20.1 Å². The van der Waals surface area contributed by atoms with Gasteiger partial charge in [-0.15, -0.1) is 10.2 Å². The van der Waals surface area contributed by atoms with Gasteiger partial charge in [-0.05, 0) is 5.21 Å². The molecule has 2 aromatic heterocycles. The summed E-state index contributed by atoms with van der Waals surface area (Å²) in [7, 11) is 0. The van der Waals surface area contributed by atoms with Crippen LogP contribution in [0.15, 0.2) is 6.33 Å². The number of aliphatic hydroxyl groups is 3. The van der Waals surface area contributed by atoms with E-state index in [1.807, 2.05) is 0 Å². The van der Waals surface area contributed by atoms with Gasteiger partial charge in [0.05, 0.1) is 12.9 Å². The van der Waals surface area contributed by atoms with Crippen molar-refractivity contribution in [2.45, 2.75) is 24.4 Å². The van der Waals surface area contributed by atoms with Crippen LogP contribution in [0.2, 0.25) is 0 Å². The molecule has 0 saturated carbocycles. The molecule has 0 bridgehead atoms. The van der Waals surface area contributed by atoms with Crippen molar-refractivity contribution in [1.29, 1.82) is 0 Å². The first-order valence-electron chi connectivity index (χ1n) is 5.37. The predicted octanol–water partition coefficient (Wildman–Crippen LogP) is -2.10. The molecule has 9 nitrogen and oxygen atoms in total. The van der Waals surface area contributed by atoms with Gasteiger partial charge in [-0.1, -0.05) is 0 Å². The minimum Gasteiger partial charge on any atom is -0.394 e. The predicted molar refractivity (Wildman–Crippen MR) is 56.2 cm³/mol. The van der Waals surface area contributed by atoms with E-state index < -0.39 is 24.4 Å². The maximum absolute atomic E-state index is 9.90. The van der Waals surface area contributed by atoms with Crippen LogP contribution in [0.4, 0.5) is 0 Å². The maximum Gasteiger partial charge on any atom is 0.203 e. The zero-order valence-electron chi connectivity index (χ0n) is 9.13. The van der Waals surface area contributed by atoms with Gasteiger partial charge in [-0.2, -0.15) is 0 Å². The number of fused-ring (bicyclic) bond motifs is 1. The Bertz CT molecular complexity index is 561. The maximum atomic E-state index is 9.90. The topological polar surface area (TPSA) is 137 Å². The quantitative estimate of drug-likeness (QED) is 0.477. The number of hydrogen-bond acceptors (Lipinski definition) is 8. The molecule has 4 N–H and O–H groups in total. The van der Waals surface area contributed by atoms with E-state index in [4.69, 9.17) is 9.84 Å². The third-order valence-electron chi connectivity index (χ3n) is 2.98. The number of aromatic amines is 1. The highest BCUT2D eigenvalue weighted by Crippen LogP contribution is 2.34. The monoisotopic (exact) mass is 253 g/mol. The second-order valence-corrected chi connectivity index (χ2v) is 4.03. The molecular weight excluding hydrogens is 242 g/mol. The summed E-state index contributed by atoms with van der Waals surface area (Å²) >= 11 is 0. The zero-order chi connectivity index (χ0) is 12.7. The molecule has 1 aliphatic rings. The largest absolute Gasteiger partial charge is 0.394 e. The van der Waals surface area contributed by atoms with Gasteiger partial charge in [0.1, 0.15) is 35.6 Å². The van der Waals surface area contributed by atoms with E-state index in [1.54, 1.807) is 0 Å². The molecule has 1 fully saturated rings. The van der Waals surface area contributed by atoms with E-state index in [0.717, 1.165) is 0 Å². The standard InChI is InChI=1S/C9H11N5O4/c15-1-3-6(16)7(17)8(18-3)4-5-9(11-2-10-5)13-14-12-4/h2-3,6-8,15-17H,1H2,(H,10,11,12,13)/t3-,6-,7-,8?/m1/s1. The Morgan fingerprint density at radius 3 is 2.83 bits per heavy atom. The van der Waals surface area contributed by atoms with Crippen LogP contribution in [0.1, 0.15) is 11.8 Å². The van der Waals surface area contributed by atoms with Crippen molar-refractivity contribution in [3.05, 3.63) is 12.0 Å². The normalized spacial score (nSPS) is 32.2. The van der Waals surface area contributed by atoms with Gasteiger partial charge in [0.15, 0.2) is 0 Å². The molecule has 0 aliphatic carbocycles. The molecule has 1 aliphatic heterocycles. The Labute approximate surface area is 100 Å². The summed E-state index contributed by atoms with van der Waals surface area (Å²) in [5, 5.41) is 39.6. The average molecular weight is 253 g/mol. The van der Waals surface area contributed by atoms with Crippen LogP contribution in [0.25, 0.3) is 11.2 Å². The highest BCUT2D eigenvalue weighted by Gasteiger charge is 2.44. The minimum absolute atomic E-state index is 0.306. The molecule has 0 aromatic carbocycles. The SMILES string of the molecule is OC[C@H]1OC(c2nnnc3nc[nH]c23)[C@H](O)[C@@H]1O. The van der Waals surface area contributed by atoms with Gasteiger partial charge in [-0.3, -0.25) is 0 Å². The molecular formula is C9H11N5O4. The van der Waals surface area contributed by atoms with Crippen LogP contribution in [-0.2, 0) is 4.74 Å². The van der Waals surface area contributed by atoms with E-state index >= 15 is 0 Å². The second kappa shape index (κ2) is 4.21. The van der Waals surface area contributed by atoms with Gasteiger partial charge in [0, 0.05) is 0 Å². The van der Waals surface area contributed by atoms with Crippen LogP contribution in [0.3, 0.4) is 0 Å².